The number of pyridine rings is 1. The smallest absolute Gasteiger partial charge is 0.151 e. The van der Waals surface area contributed by atoms with Crippen LogP contribution in [0.15, 0.2) is 57.6 Å². The van der Waals surface area contributed by atoms with Crippen LogP contribution in [0.3, 0.4) is 0 Å². The lowest BCUT2D eigenvalue weighted by Gasteiger charge is -1.92. The van der Waals surface area contributed by atoms with E-state index in [0.29, 0.717) is 0 Å². The topological polar surface area (TPSA) is 30.2 Å². The van der Waals surface area contributed by atoms with Gasteiger partial charge < -0.3 is 4.40 Å². The van der Waals surface area contributed by atoms with Gasteiger partial charge in [-0.1, -0.05) is 23.9 Å². The summed E-state index contributed by atoms with van der Waals surface area (Å²) >= 11 is 6.95. The first kappa shape index (κ1) is 13.3. The predicted octanol–water partition coefficient (Wildman–Crippen LogP) is 5.00. The van der Waals surface area contributed by atoms with E-state index in [1.54, 1.807) is 23.1 Å². The highest BCUT2D eigenvalue weighted by Crippen LogP contribution is 2.31. The highest BCUT2D eigenvalue weighted by Gasteiger charge is 2.07. The Labute approximate surface area is 138 Å². The zero-order valence-electron chi connectivity index (χ0n) is 10.9. The van der Waals surface area contributed by atoms with Gasteiger partial charge >= 0.3 is 0 Å². The molecule has 0 radical (unpaired) electrons. The van der Waals surface area contributed by atoms with Crippen LogP contribution in [-0.4, -0.2) is 14.4 Å². The molecular formula is C15H10BrN3S2. The van der Waals surface area contributed by atoms with Crippen molar-refractivity contribution in [1.29, 1.82) is 0 Å². The lowest BCUT2D eigenvalue weighted by atomic mass is 10.3. The summed E-state index contributed by atoms with van der Waals surface area (Å²) in [5, 5.41) is 0. The molecule has 3 aromatic heterocycles. The zero-order valence-corrected chi connectivity index (χ0v) is 14.1. The third-order valence-corrected chi connectivity index (χ3v) is 5.76. The maximum absolute atomic E-state index is 4.64. The molecule has 0 aliphatic rings. The maximum Gasteiger partial charge on any atom is 0.151 e. The third kappa shape index (κ3) is 2.71. The first-order chi connectivity index (χ1) is 10.3. The van der Waals surface area contributed by atoms with Gasteiger partial charge in [0.15, 0.2) is 4.34 Å². The largest absolute Gasteiger partial charge is 0.306 e. The van der Waals surface area contributed by atoms with Gasteiger partial charge in [-0.15, -0.1) is 11.3 Å². The van der Waals surface area contributed by atoms with Gasteiger partial charge in [-0.25, -0.2) is 9.97 Å². The number of nitrogens with zero attached hydrogens (tertiary/aromatic N) is 3. The summed E-state index contributed by atoms with van der Waals surface area (Å²) in [5.41, 5.74) is 3.11. The van der Waals surface area contributed by atoms with E-state index in [2.05, 4.69) is 50.3 Å². The average Bonchev–Trinajstić information content (AvgIpc) is 3.07. The fourth-order valence-electron chi connectivity index (χ4n) is 2.14. The summed E-state index contributed by atoms with van der Waals surface area (Å²) in [4.78, 5) is 9.26. The van der Waals surface area contributed by atoms with Gasteiger partial charge in [-0.2, -0.15) is 0 Å². The summed E-state index contributed by atoms with van der Waals surface area (Å²) < 4.78 is 5.42. The van der Waals surface area contributed by atoms with Gasteiger partial charge in [0.2, 0.25) is 0 Å². The monoisotopic (exact) mass is 375 g/mol. The van der Waals surface area contributed by atoms with Crippen LogP contribution in [0, 0.1) is 0 Å². The molecular weight excluding hydrogens is 366 g/mol. The second kappa shape index (κ2) is 5.44. The van der Waals surface area contributed by atoms with Crippen molar-refractivity contribution >= 4 is 54.9 Å². The van der Waals surface area contributed by atoms with Crippen molar-refractivity contribution in [3.8, 4) is 0 Å². The normalized spacial score (nSPS) is 11.5. The van der Waals surface area contributed by atoms with Gasteiger partial charge in [0.05, 0.1) is 15.9 Å². The van der Waals surface area contributed by atoms with Crippen molar-refractivity contribution in [3.63, 3.8) is 0 Å². The number of imidazole rings is 1. The number of para-hydroxylation sites is 1. The SMILES string of the molecule is Brc1ccc2nc(CSc3nc4ccccc4s3)cn2c1. The number of halogens is 1. The second-order valence-corrected chi connectivity index (χ2v) is 7.75. The van der Waals surface area contributed by atoms with Crippen LogP contribution < -0.4 is 0 Å². The number of thioether (sulfide) groups is 1. The molecule has 21 heavy (non-hydrogen) atoms. The number of thiazole rings is 1. The highest BCUT2D eigenvalue weighted by molar-refractivity contribution is 9.10. The van der Waals surface area contributed by atoms with E-state index in [4.69, 9.17) is 0 Å². The predicted molar refractivity (Wildman–Crippen MR) is 92.1 cm³/mol. The van der Waals surface area contributed by atoms with Crippen LogP contribution in [0.4, 0.5) is 0 Å². The molecule has 0 N–H and O–H groups in total. The van der Waals surface area contributed by atoms with Gasteiger partial charge in [-0.3, -0.25) is 0 Å². The summed E-state index contributed by atoms with van der Waals surface area (Å²) in [6, 6.07) is 12.3. The molecule has 1 aromatic carbocycles. The Morgan fingerprint density at radius 1 is 1.10 bits per heavy atom. The van der Waals surface area contributed by atoms with E-state index in [1.807, 2.05) is 28.8 Å². The minimum atomic E-state index is 0.832. The van der Waals surface area contributed by atoms with Crippen LogP contribution in [0.5, 0.6) is 0 Å². The number of benzene rings is 1. The van der Waals surface area contributed by atoms with Crippen LogP contribution in [0.2, 0.25) is 0 Å². The van der Waals surface area contributed by atoms with Gasteiger partial charge in [0.1, 0.15) is 5.65 Å². The first-order valence-electron chi connectivity index (χ1n) is 6.39. The summed E-state index contributed by atoms with van der Waals surface area (Å²) in [6.07, 6.45) is 4.09. The quantitative estimate of drug-likeness (QED) is 0.472. The van der Waals surface area contributed by atoms with Gasteiger partial charge in [0, 0.05) is 22.6 Å². The Kier molecular flexibility index (Phi) is 3.45. The molecule has 3 nitrogen and oxygen atoms in total. The summed E-state index contributed by atoms with van der Waals surface area (Å²) in [7, 11) is 0. The molecule has 0 bridgehead atoms. The van der Waals surface area contributed by atoms with Gasteiger partial charge in [0.25, 0.3) is 0 Å². The molecule has 104 valence electrons. The average molecular weight is 376 g/mol. The van der Waals surface area contributed by atoms with Crippen LogP contribution in [0.25, 0.3) is 15.9 Å². The summed E-state index contributed by atoms with van der Waals surface area (Å²) in [5.74, 6) is 0.832. The molecule has 4 aromatic rings. The van der Waals surface area contributed by atoms with E-state index >= 15 is 0 Å². The number of fused-ring (bicyclic) bond motifs is 2. The van der Waals surface area contributed by atoms with E-state index in [9.17, 15) is 0 Å². The van der Waals surface area contributed by atoms with Crippen molar-refractivity contribution in [2.75, 3.05) is 0 Å². The molecule has 0 atom stereocenters. The van der Waals surface area contributed by atoms with Crippen LogP contribution in [-0.2, 0) is 5.75 Å². The van der Waals surface area contributed by atoms with Crippen LogP contribution in [0.1, 0.15) is 5.69 Å². The number of rotatable bonds is 3. The Morgan fingerprint density at radius 3 is 2.90 bits per heavy atom. The van der Waals surface area contributed by atoms with Crippen molar-refractivity contribution in [1.82, 2.24) is 14.4 Å². The molecule has 0 amide bonds. The van der Waals surface area contributed by atoms with Crippen molar-refractivity contribution < 1.29 is 0 Å². The number of hydrogen-bond acceptors (Lipinski definition) is 4. The van der Waals surface area contributed by atoms with Crippen molar-refractivity contribution in [3.05, 3.63) is 59.0 Å². The number of hydrogen-bond donors (Lipinski definition) is 0. The minimum absolute atomic E-state index is 0.832. The Balaban J connectivity index is 1.57. The lowest BCUT2D eigenvalue weighted by Crippen LogP contribution is -1.80. The van der Waals surface area contributed by atoms with Crippen molar-refractivity contribution in [2.24, 2.45) is 0 Å². The third-order valence-electron chi connectivity index (χ3n) is 3.08. The molecule has 0 saturated carbocycles. The van der Waals surface area contributed by atoms with E-state index in [1.165, 1.54) is 4.70 Å². The Hall–Kier alpha value is -1.37. The molecule has 0 aliphatic heterocycles. The standard InChI is InChI=1S/C15H10BrN3S2/c16-10-5-6-14-17-11(8-19(14)7-10)9-20-15-18-12-3-1-2-4-13(12)21-15/h1-8H,9H2. The van der Waals surface area contributed by atoms with E-state index in [0.717, 1.165) is 31.4 Å². The Bertz CT molecular complexity index is 896. The molecule has 6 heteroatoms. The molecule has 0 saturated heterocycles. The first-order valence-corrected chi connectivity index (χ1v) is 8.99. The zero-order chi connectivity index (χ0) is 14.2. The lowest BCUT2D eigenvalue weighted by molar-refractivity contribution is 1.17. The van der Waals surface area contributed by atoms with E-state index in [-0.39, 0.29) is 0 Å². The molecule has 0 unspecified atom stereocenters. The molecule has 0 fully saturated rings. The molecule has 0 spiro atoms. The van der Waals surface area contributed by atoms with Crippen LogP contribution >= 0.6 is 39.0 Å². The molecule has 4 rings (SSSR count). The molecule has 0 aliphatic carbocycles. The highest BCUT2D eigenvalue weighted by atomic mass is 79.9. The Morgan fingerprint density at radius 2 is 2.00 bits per heavy atom. The molecule has 3 heterocycles. The summed E-state index contributed by atoms with van der Waals surface area (Å²) in [6.45, 7) is 0. The number of aromatic nitrogens is 3. The van der Waals surface area contributed by atoms with Crippen molar-refractivity contribution in [2.45, 2.75) is 10.1 Å². The maximum atomic E-state index is 4.64. The second-order valence-electron chi connectivity index (χ2n) is 4.58. The fourth-order valence-corrected chi connectivity index (χ4v) is 4.44. The van der Waals surface area contributed by atoms with E-state index < -0.39 is 0 Å². The minimum Gasteiger partial charge on any atom is -0.306 e. The van der Waals surface area contributed by atoms with Gasteiger partial charge in [-0.05, 0) is 40.2 Å². The fraction of sp³-hybridized carbons (Fsp3) is 0.0667.